The van der Waals surface area contributed by atoms with E-state index in [4.69, 9.17) is 9.47 Å². The number of hydrogen-bond acceptors (Lipinski definition) is 6. The molecule has 0 radical (unpaired) electrons. The van der Waals surface area contributed by atoms with Crippen LogP contribution in [0, 0.1) is 0 Å². The minimum absolute atomic E-state index is 0.114. The summed E-state index contributed by atoms with van der Waals surface area (Å²) in [5, 5.41) is 6.90. The topological polar surface area (TPSA) is 123 Å². The van der Waals surface area contributed by atoms with E-state index < -0.39 is 29.5 Å². The SMILES string of the molecule is CC(C)(C)OC(=O)NCC(=O)NCC(=O)NCC(=O)OCc1ccccc1. The van der Waals surface area contributed by atoms with Crippen LogP contribution in [-0.2, 0) is 30.5 Å². The number of hydrogen-bond donors (Lipinski definition) is 3. The molecule has 3 amide bonds. The van der Waals surface area contributed by atoms with Gasteiger partial charge in [-0.1, -0.05) is 30.3 Å². The quantitative estimate of drug-likeness (QED) is 0.565. The zero-order chi connectivity index (χ0) is 20.3. The molecule has 0 saturated heterocycles. The molecule has 3 N–H and O–H groups in total. The highest BCUT2D eigenvalue weighted by molar-refractivity contribution is 5.88. The zero-order valence-corrected chi connectivity index (χ0v) is 15.7. The van der Waals surface area contributed by atoms with Gasteiger partial charge in [-0.05, 0) is 26.3 Å². The maximum atomic E-state index is 11.6. The molecule has 148 valence electrons. The fraction of sp³-hybridized carbons (Fsp3) is 0.444. The second kappa shape index (κ2) is 10.8. The first kappa shape index (κ1) is 21.9. The van der Waals surface area contributed by atoms with Gasteiger partial charge in [0.15, 0.2) is 0 Å². The van der Waals surface area contributed by atoms with Gasteiger partial charge >= 0.3 is 12.1 Å². The highest BCUT2D eigenvalue weighted by atomic mass is 16.6. The van der Waals surface area contributed by atoms with Crippen molar-refractivity contribution in [1.82, 2.24) is 16.0 Å². The van der Waals surface area contributed by atoms with Crippen molar-refractivity contribution in [2.24, 2.45) is 0 Å². The lowest BCUT2D eigenvalue weighted by molar-refractivity contribution is -0.145. The van der Waals surface area contributed by atoms with Crippen molar-refractivity contribution in [3.8, 4) is 0 Å². The summed E-state index contributed by atoms with van der Waals surface area (Å²) < 4.78 is 9.98. The molecule has 1 rings (SSSR count). The van der Waals surface area contributed by atoms with Crippen LogP contribution in [-0.4, -0.2) is 49.1 Å². The summed E-state index contributed by atoms with van der Waals surface area (Å²) in [5.74, 6) is -1.72. The van der Waals surface area contributed by atoms with Gasteiger partial charge in [0.25, 0.3) is 0 Å². The van der Waals surface area contributed by atoms with Gasteiger partial charge in [0.2, 0.25) is 11.8 Å². The molecule has 0 spiro atoms. The summed E-state index contributed by atoms with van der Waals surface area (Å²) in [7, 11) is 0. The molecule has 0 fully saturated rings. The number of carbonyl (C=O) groups excluding carboxylic acids is 4. The van der Waals surface area contributed by atoms with Crippen LogP contribution in [0.25, 0.3) is 0 Å². The number of ether oxygens (including phenoxy) is 2. The van der Waals surface area contributed by atoms with Gasteiger partial charge in [0.05, 0.1) is 6.54 Å². The number of alkyl carbamates (subject to hydrolysis) is 1. The molecule has 9 nitrogen and oxygen atoms in total. The predicted molar refractivity (Wildman–Crippen MR) is 96.5 cm³/mol. The monoisotopic (exact) mass is 379 g/mol. The molecule has 27 heavy (non-hydrogen) atoms. The van der Waals surface area contributed by atoms with E-state index in [2.05, 4.69) is 16.0 Å². The summed E-state index contributed by atoms with van der Waals surface area (Å²) >= 11 is 0. The molecule has 0 aliphatic carbocycles. The van der Waals surface area contributed by atoms with Gasteiger partial charge in [0.1, 0.15) is 25.3 Å². The van der Waals surface area contributed by atoms with Gasteiger partial charge in [0, 0.05) is 0 Å². The van der Waals surface area contributed by atoms with Crippen molar-refractivity contribution in [3.05, 3.63) is 35.9 Å². The summed E-state index contributed by atoms with van der Waals surface area (Å²) in [6, 6.07) is 9.12. The summed E-state index contributed by atoms with van der Waals surface area (Å²) in [5.41, 5.74) is 0.164. The van der Waals surface area contributed by atoms with E-state index in [-0.39, 0.29) is 26.2 Å². The minimum atomic E-state index is -0.733. The van der Waals surface area contributed by atoms with E-state index in [1.165, 1.54) is 0 Å². The maximum absolute atomic E-state index is 11.6. The lowest BCUT2D eigenvalue weighted by Crippen LogP contribution is -2.44. The Hall–Kier alpha value is -3.10. The molecular weight excluding hydrogens is 354 g/mol. The number of nitrogens with one attached hydrogen (secondary N) is 3. The average molecular weight is 379 g/mol. The predicted octanol–water partition coefficient (Wildman–Crippen LogP) is 0.487. The van der Waals surface area contributed by atoms with Crippen LogP contribution in [0.1, 0.15) is 26.3 Å². The van der Waals surface area contributed by atoms with E-state index in [1.807, 2.05) is 30.3 Å². The van der Waals surface area contributed by atoms with Crippen LogP contribution in [0.15, 0.2) is 30.3 Å². The Morgan fingerprint density at radius 3 is 2.00 bits per heavy atom. The van der Waals surface area contributed by atoms with Gasteiger partial charge in [-0.25, -0.2) is 4.79 Å². The summed E-state index contributed by atoms with van der Waals surface area (Å²) in [4.78, 5) is 46.1. The summed E-state index contributed by atoms with van der Waals surface area (Å²) in [6.45, 7) is 4.23. The van der Waals surface area contributed by atoms with E-state index in [1.54, 1.807) is 20.8 Å². The van der Waals surface area contributed by atoms with E-state index in [0.717, 1.165) is 5.56 Å². The van der Waals surface area contributed by atoms with Crippen LogP contribution >= 0.6 is 0 Å². The second-order valence-electron chi connectivity index (χ2n) is 6.56. The molecule has 0 aromatic heterocycles. The van der Waals surface area contributed by atoms with Gasteiger partial charge in [-0.2, -0.15) is 0 Å². The van der Waals surface area contributed by atoms with Gasteiger partial charge in [-0.15, -0.1) is 0 Å². The highest BCUT2D eigenvalue weighted by Gasteiger charge is 2.16. The lowest BCUT2D eigenvalue weighted by atomic mass is 10.2. The van der Waals surface area contributed by atoms with Crippen LogP contribution < -0.4 is 16.0 Å². The van der Waals surface area contributed by atoms with Crippen molar-refractivity contribution < 1.29 is 28.7 Å². The Morgan fingerprint density at radius 2 is 1.41 bits per heavy atom. The molecule has 0 aliphatic heterocycles. The normalized spacial score (nSPS) is 10.5. The van der Waals surface area contributed by atoms with E-state index in [0.29, 0.717) is 0 Å². The van der Waals surface area contributed by atoms with Crippen molar-refractivity contribution in [3.63, 3.8) is 0 Å². The number of rotatable bonds is 8. The van der Waals surface area contributed by atoms with Crippen LogP contribution in [0.3, 0.4) is 0 Å². The van der Waals surface area contributed by atoms with E-state index >= 15 is 0 Å². The zero-order valence-electron chi connectivity index (χ0n) is 15.7. The molecule has 1 aromatic rings. The molecule has 0 aliphatic rings. The Bertz CT molecular complexity index is 655. The first-order valence-corrected chi connectivity index (χ1v) is 8.35. The van der Waals surface area contributed by atoms with Crippen molar-refractivity contribution >= 4 is 23.9 Å². The van der Waals surface area contributed by atoms with Crippen molar-refractivity contribution in [1.29, 1.82) is 0 Å². The fourth-order valence-corrected chi connectivity index (χ4v) is 1.73. The molecule has 9 heteroatoms. The third-order valence-corrected chi connectivity index (χ3v) is 2.91. The lowest BCUT2D eigenvalue weighted by Gasteiger charge is -2.19. The second-order valence-corrected chi connectivity index (χ2v) is 6.56. The Morgan fingerprint density at radius 1 is 0.852 bits per heavy atom. The molecule has 0 heterocycles. The largest absolute Gasteiger partial charge is 0.460 e. The van der Waals surface area contributed by atoms with Crippen molar-refractivity contribution in [2.75, 3.05) is 19.6 Å². The smallest absolute Gasteiger partial charge is 0.408 e. The first-order chi connectivity index (χ1) is 12.7. The standard InChI is InChI=1S/C18H25N3O6/c1-18(2,3)27-17(25)21-10-15(23)19-9-14(22)20-11-16(24)26-12-13-7-5-4-6-8-13/h4-8H,9-12H2,1-3H3,(H,19,23)(H,20,22)(H,21,25). The number of carbonyl (C=O) groups is 4. The third-order valence-electron chi connectivity index (χ3n) is 2.91. The van der Waals surface area contributed by atoms with Gasteiger partial charge < -0.3 is 25.4 Å². The number of amides is 3. The van der Waals surface area contributed by atoms with Crippen molar-refractivity contribution in [2.45, 2.75) is 33.0 Å². The highest BCUT2D eigenvalue weighted by Crippen LogP contribution is 2.06. The minimum Gasteiger partial charge on any atom is -0.460 e. The Labute approximate surface area is 157 Å². The number of esters is 1. The molecule has 0 saturated carbocycles. The summed E-state index contributed by atoms with van der Waals surface area (Å²) in [6.07, 6.45) is -0.733. The molecule has 0 unspecified atom stereocenters. The molecule has 0 atom stereocenters. The van der Waals surface area contributed by atoms with E-state index in [9.17, 15) is 19.2 Å². The average Bonchev–Trinajstić information content (AvgIpc) is 2.60. The Kier molecular flexibility index (Phi) is 8.77. The third kappa shape index (κ3) is 11.2. The van der Waals surface area contributed by atoms with Crippen LogP contribution in [0.4, 0.5) is 4.79 Å². The number of benzene rings is 1. The first-order valence-electron chi connectivity index (χ1n) is 8.35. The van der Waals surface area contributed by atoms with Crippen LogP contribution in [0.5, 0.6) is 0 Å². The molecule has 1 aromatic carbocycles. The molecule has 0 bridgehead atoms. The Balaban J connectivity index is 2.14. The van der Waals surface area contributed by atoms with Crippen LogP contribution in [0.2, 0.25) is 0 Å². The molecular formula is C18H25N3O6. The van der Waals surface area contributed by atoms with Gasteiger partial charge in [-0.3, -0.25) is 14.4 Å². The fourth-order valence-electron chi connectivity index (χ4n) is 1.73. The maximum Gasteiger partial charge on any atom is 0.408 e.